The molecule has 0 aliphatic carbocycles. The standard InChI is InChI=1S/C10H13BrN2O3/c11-6-3-1-2-4-9(15)13-7-5-8(14)12-10(13)16/h5,7H,1-4,6H2,(H,12,14,16). The van der Waals surface area contributed by atoms with Gasteiger partial charge in [-0.3, -0.25) is 14.6 Å². The quantitative estimate of drug-likeness (QED) is 0.652. The van der Waals surface area contributed by atoms with Gasteiger partial charge in [-0.05, 0) is 12.8 Å². The second-order valence-corrected chi connectivity index (χ2v) is 4.17. The van der Waals surface area contributed by atoms with Crippen molar-refractivity contribution in [3.63, 3.8) is 0 Å². The number of hydrogen-bond acceptors (Lipinski definition) is 3. The minimum absolute atomic E-state index is 0.282. The van der Waals surface area contributed by atoms with Crippen LogP contribution in [0.15, 0.2) is 21.9 Å². The molecule has 1 rings (SSSR count). The first-order valence-electron chi connectivity index (χ1n) is 5.06. The van der Waals surface area contributed by atoms with Crippen molar-refractivity contribution in [2.75, 3.05) is 5.33 Å². The lowest BCUT2D eigenvalue weighted by atomic mass is 10.2. The van der Waals surface area contributed by atoms with Crippen LogP contribution in [-0.2, 0) is 0 Å². The Bertz CT molecular complexity index is 464. The van der Waals surface area contributed by atoms with Gasteiger partial charge >= 0.3 is 5.69 Å². The third-order valence-corrected chi connectivity index (χ3v) is 2.68. The molecule has 0 amide bonds. The summed E-state index contributed by atoms with van der Waals surface area (Å²) in [4.78, 5) is 35.6. The van der Waals surface area contributed by atoms with E-state index in [0.29, 0.717) is 6.42 Å². The molecule has 0 aliphatic heterocycles. The highest BCUT2D eigenvalue weighted by atomic mass is 79.9. The van der Waals surface area contributed by atoms with E-state index >= 15 is 0 Å². The normalized spacial score (nSPS) is 10.3. The van der Waals surface area contributed by atoms with Crippen molar-refractivity contribution in [3.8, 4) is 0 Å². The molecule has 16 heavy (non-hydrogen) atoms. The van der Waals surface area contributed by atoms with Gasteiger partial charge in [-0.25, -0.2) is 9.36 Å². The molecule has 1 N–H and O–H groups in total. The van der Waals surface area contributed by atoms with Crippen LogP contribution in [-0.4, -0.2) is 20.8 Å². The van der Waals surface area contributed by atoms with Gasteiger partial charge in [0.15, 0.2) is 0 Å². The Morgan fingerprint density at radius 3 is 2.69 bits per heavy atom. The van der Waals surface area contributed by atoms with Crippen LogP contribution in [0.5, 0.6) is 0 Å². The second-order valence-electron chi connectivity index (χ2n) is 3.37. The molecular formula is C10H13BrN2O3. The van der Waals surface area contributed by atoms with Gasteiger partial charge < -0.3 is 0 Å². The molecule has 0 aliphatic rings. The summed E-state index contributed by atoms with van der Waals surface area (Å²) in [5.41, 5.74) is -1.16. The van der Waals surface area contributed by atoms with Crippen molar-refractivity contribution in [3.05, 3.63) is 33.1 Å². The summed E-state index contributed by atoms with van der Waals surface area (Å²) >= 11 is 3.30. The molecule has 6 heteroatoms. The number of H-pyrrole nitrogens is 1. The van der Waals surface area contributed by atoms with E-state index in [1.165, 1.54) is 6.20 Å². The molecule has 0 atom stereocenters. The van der Waals surface area contributed by atoms with Gasteiger partial charge in [-0.1, -0.05) is 22.4 Å². The summed E-state index contributed by atoms with van der Waals surface area (Å²) in [6.07, 6.45) is 4.23. The van der Waals surface area contributed by atoms with Crippen LogP contribution in [0, 0.1) is 0 Å². The van der Waals surface area contributed by atoms with Crippen LogP contribution in [0.1, 0.15) is 30.5 Å². The Hall–Kier alpha value is -1.17. The maximum absolute atomic E-state index is 11.6. The van der Waals surface area contributed by atoms with E-state index < -0.39 is 11.2 Å². The van der Waals surface area contributed by atoms with Crippen LogP contribution < -0.4 is 11.2 Å². The molecule has 5 nitrogen and oxygen atoms in total. The van der Waals surface area contributed by atoms with E-state index in [4.69, 9.17) is 0 Å². The van der Waals surface area contributed by atoms with E-state index in [0.717, 1.165) is 35.2 Å². The third-order valence-electron chi connectivity index (χ3n) is 2.12. The number of carbonyl (C=O) groups is 1. The van der Waals surface area contributed by atoms with Crippen molar-refractivity contribution in [2.45, 2.75) is 25.7 Å². The smallest absolute Gasteiger partial charge is 0.274 e. The van der Waals surface area contributed by atoms with Crippen LogP contribution >= 0.6 is 15.9 Å². The van der Waals surface area contributed by atoms with Crippen LogP contribution in [0.4, 0.5) is 0 Å². The van der Waals surface area contributed by atoms with E-state index in [9.17, 15) is 14.4 Å². The van der Waals surface area contributed by atoms with Crippen LogP contribution in [0.25, 0.3) is 0 Å². The predicted molar refractivity (Wildman–Crippen MR) is 64.2 cm³/mol. The lowest BCUT2D eigenvalue weighted by molar-refractivity contribution is 0.0893. The number of unbranched alkanes of at least 4 members (excludes halogenated alkanes) is 2. The van der Waals surface area contributed by atoms with Gasteiger partial charge in [0, 0.05) is 24.0 Å². The zero-order chi connectivity index (χ0) is 12.0. The summed E-state index contributed by atoms with van der Waals surface area (Å²) in [6.45, 7) is 0. The fourth-order valence-electron chi connectivity index (χ4n) is 1.28. The molecule has 1 aromatic heterocycles. The van der Waals surface area contributed by atoms with E-state index in [1.54, 1.807) is 0 Å². The number of nitrogens with zero attached hydrogens (tertiary/aromatic N) is 1. The van der Waals surface area contributed by atoms with E-state index in [2.05, 4.69) is 15.9 Å². The average molecular weight is 289 g/mol. The Balaban J connectivity index is 2.60. The molecule has 0 bridgehead atoms. The maximum Gasteiger partial charge on any atom is 0.335 e. The Kier molecular flexibility index (Phi) is 5.18. The Labute approximate surface area is 101 Å². The molecule has 0 fully saturated rings. The summed E-state index contributed by atoms with van der Waals surface area (Å²) < 4.78 is 0.940. The van der Waals surface area contributed by atoms with Gasteiger partial charge in [-0.15, -0.1) is 0 Å². The minimum atomic E-state index is -0.669. The van der Waals surface area contributed by atoms with Crippen LogP contribution in [0.2, 0.25) is 0 Å². The Morgan fingerprint density at radius 1 is 1.31 bits per heavy atom. The van der Waals surface area contributed by atoms with Gasteiger partial charge in [-0.2, -0.15) is 0 Å². The number of hydrogen-bond donors (Lipinski definition) is 1. The zero-order valence-corrected chi connectivity index (χ0v) is 10.3. The number of alkyl halides is 1. The summed E-state index contributed by atoms with van der Waals surface area (Å²) in [6, 6.07) is 1.16. The van der Waals surface area contributed by atoms with Gasteiger partial charge in [0.1, 0.15) is 0 Å². The van der Waals surface area contributed by atoms with Gasteiger partial charge in [0.25, 0.3) is 5.56 Å². The van der Waals surface area contributed by atoms with Crippen molar-refractivity contribution in [1.82, 2.24) is 9.55 Å². The third kappa shape index (κ3) is 3.77. The van der Waals surface area contributed by atoms with E-state index in [-0.39, 0.29) is 5.91 Å². The first kappa shape index (κ1) is 12.9. The molecule has 1 aromatic rings. The van der Waals surface area contributed by atoms with Gasteiger partial charge in [0.05, 0.1) is 0 Å². The number of aromatic amines is 1. The largest absolute Gasteiger partial charge is 0.335 e. The number of aromatic nitrogens is 2. The Morgan fingerprint density at radius 2 is 2.06 bits per heavy atom. The minimum Gasteiger partial charge on any atom is -0.274 e. The fraction of sp³-hybridized carbons (Fsp3) is 0.500. The number of carbonyl (C=O) groups excluding carboxylic acids is 1. The van der Waals surface area contributed by atoms with Crippen molar-refractivity contribution in [1.29, 1.82) is 0 Å². The van der Waals surface area contributed by atoms with Crippen molar-refractivity contribution >= 4 is 21.8 Å². The molecule has 0 aromatic carbocycles. The second kappa shape index (κ2) is 6.42. The number of halogens is 1. The van der Waals surface area contributed by atoms with Crippen LogP contribution in [0.3, 0.4) is 0 Å². The van der Waals surface area contributed by atoms with Crippen molar-refractivity contribution < 1.29 is 4.79 Å². The average Bonchev–Trinajstić information content (AvgIpc) is 2.24. The summed E-state index contributed by atoms with van der Waals surface area (Å²) in [7, 11) is 0. The van der Waals surface area contributed by atoms with E-state index in [1.807, 2.05) is 4.98 Å². The molecule has 0 saturated carbocycles. The molecule has 0 saturated heterocycles. The number of rotatable bonds is 5. The predicted octanol–water partition coefficient (Wildman–Crippen LogP) is 1.13. The highest BCUT2D eigenvalue weighted by Gasteiger charge is 2.06. The highest BCUT2D eigenvalue weighted by molar-refractivity contribution is 9.09. The fourth-order valence-corrected chi connectivity index (χ4v) is 1.68. The molecule has 1 heterocycles. The molecular weight excluding hydrogens is 276 g/mol. The maximum atomic E-state index is 11.6. The lowest BCUT2D eigenvalue weighted by Gasteiger charge is -2.02. The molecule has 88 valence electrons. The first-order valence-corrected chi connectivity index (χ1v) is 6.18. The molecule has 0 spiro atoms. The van der Waals surface area contributed by atoms with Gasteiger partial charge in [0.2, 0.25) is 5.91 Å². The highest BCUT2D eigenvalue weighted by Crippen LogP contribution is 2.02. The molecule has 0 unspecified atom stereocenters. The lowest BCUT2D eigenvalue weighted by Crippen LogP contribution is -2.32. The summed E-state index contributed by atoms with van der Waals surface area (Å²) in [5.74, 6) is -0.282. The summed E-state index contributed by atoms with van der Waals surface area (Å²) in [5, 5.41) is 0.916. The van der Waals surface area contributed by atoms with Crippen molar-refractivity contribution in [2.24, 2.45) is 0 Å². The monoisotopic (exact) mass is 288 g/mol. The molecule has 0 radical (unpaired) electrons. The zero-order valence-electron chi connectivity index (χ0n) is 8.74. The number of nitrogens with one attached hydrogen (secondary N) is 1. The topological polar surface area (TPSA) is 71.9 Å². The SMILES string of the molecule is O=C(CCCCCBr)n1ccc(=O)[nH]c1=O. The first-order chi connectivity index (χ1) is 7.65.